The molecule has 0 radical (unpaired) electrons. The molecule has 0 bridgehead atoms. The zero-order chi connectivity index (χ0) is 13.9. The first-order chi connectivity index (χ1) is 9.00. The molecular weight excluding hydrogens is 258 g/mol. The van der Waals surface area contributed by atoms with Gasteiger partial charge in [-0.2, -0.15) is 0 Å². The van der Waals surface area contributed by atoms with Gasteiger partial charge in [0.25, 0.3) is 0 Å². The van der Waals surface area contributed by atoms with E-state index in [0.717, 1.165) is 30.9 Å². The van der Waals surface area contributed by atoms with Gasteiger partial charge in [-0.25, -0.2) is 8.42 Å². The quantitative estimate of drug-likeness (QED) is 0.836. The van der Waals surface area contributed by atoms with Crippen LogP contribution in [0.1, 0.15) is 44.2 Å². The fourth-order valence-corrected chi connectivity index (χ4v) is 2.98. The van der Waals surface area contributed by atoms with Crippen molar-refractivity contribution in [1.29, 1.82) is 0 Å². The maximum absolute atomic E-state index is 11.6. The van der Waals surface area contributed by atoms with E-state index >= 15 is 0 Å². The summed E-state index contributed by atoms with van der Waals surface area (Å²) in [5, 5.41) is 3.54. The van der Waals surface area contributed by atoms with Crippen LogP contribution < -0.4 is 5.32 Å². The van der Waals surface area contributed by atoms with E-state index in [1.165, 1.54) is 19.1 Å². The Balaban J connectivity index is 2.19. The van der Waals surface area contributed by atoms with E-state index in [-0.39, 0.29) is 6.04 Å². The molecule has 1 unspecified atom stereocenters. The first kappa shape index (κ1) is 14.5. The summed E-state index contributed by atoms with van der Waals surface area (Å²) < 4.78 is 23.3. The van der Waals surface area contributed by atoms with E-state index < -0.39 is 9.84 Å². The van der Waals surface area contributed by atoms with Crippen LogP contribution in [0.4, 0.5) is 0 Å². The third-order valence-electron chi connectivity index (χ3n) is 3.60. The summed E-state index contributed by atoms with van der Waals surface area (Å²) in [6.07, 6.45) is 6.10. The predicted molar refractivity (Wildman–Crippen MR) is 77.9 cm³/mol. The predicted octanol–water partition coefficient (Wildman–Crippen LogP) is 2.93. The standard InChI is InChI=1S/C15H23NO2S/c1-3-9-16-15(10-12-7-8-12)13-5-4-6-14(11-13)19(2,17)18/h4-6,11-12,15-16H,3,7-10H2,1-2H3. The summed E-state index contributed by atoms with van der Waals surface area (Å²) in [5.74, 6) is 0.816. The second-order valence-corrected chi connectivity index (χ2v) is 7.55. The Labute approximate surface area is 116 Å². The van der Waals surface area contributed by atoms with Crippen LogP contribution in [0.25, 0.3) is 0 Å². The molecule has 1 fully saturated rings. The number of hydrogen-bond donors (Lipinski definition) is 1. The van der Waals surface area contributed by atoms with E-state index in [1.807, 2.05) is 18.2 Å². The van der Waals surface area contributed by atoms with E-state index in [9.17, 15) is 8.42 Å². The van der Waals surface area contributed by atoms with Gasteiger partial charge in [-0.05, 0) is 43.0 Å². The van der Waals surface area contributed by atoms with Gasteiger partial charge >= 0.3 is 0 Å². The fourth-order valence-electron chi connectivity index (χ4n) is 2.30. The van der Waals surface area contributed by atoms with Gasteiger partial charge in [0, 0.05) is 12.3 Å². The second-order valence-electron chi connectivity index (χ2n) is 5.53. The van der Waals surface area contributed by atoms with Crippen LogP contribution in [0.2, 0.25) is 0 Å². The first-order valence-electron chi connectivity index (χ1n) is 7.04. The molecule has 19 heavy (non-hydrogen) atoms. The number of sulfone groups is 1. The minimum Gasteiger partial charge on any atom is -0.310 e. The van der Waals surface area contributed by atoms with E-state index in [1.54, 1.807) is 6.07 Å². The molecule has 0 heterocycles. The molecule has 0 spiro atoms. The van der Waals surface area contributed by atoms with Crippen LogP contribution in [0.5, 0.6) is 0 Å². The Kier molecular flexibility index (Phi) is 4.63. The van der Waals surface area contributed by atoms with Crippen molar-refractivity contribution in [2.75, 3.05) is 12.8 Å². The molecule has 1 atom stereocenters. The molecular formula is C15H23NO2S. The van der Waals surface area contributed by atoms with E-state index in [4.69, 9.17) is 0 Å². The zero-order valence-corrected chi connectivity index (χ0v) is 12.5. The molecule has 1 aliphatic carbocycles. The van der Waals surface area contributed by atoms with Gasteiger partial charge in [-0.1, -0.05) is 31.9 Å². The maximum Gasteiger partial charge on any atom is 0.175 e. The lowest BCUT2D eigenvalue weighted by molar-refractivity contribution is 0.473. The number of nitrogens with one attached hydrogen (secondary N) is 1. The molecule has 2 rings (SSSR count). The highest BCUT2D eigenvalue weighted by Gasteiger charge is 2.26. The minimum atomic E-state index is -3.12. The Bertz CT molecular complexity index is 521. The minimum absolute atomic E-state index is 0.286. The van der Waals surface area contributed by atoms with E-state index in [0.29, 0.717) is 4.90 Å². The molecule has 106 valence electrons. The van der Waals surface area contributed by atoms with Gasteiger partial charge in [-0.15, -0.1) is 0 Å². The Morgan fingerprint density at radius 2 is 2.11 bits per heavy atom. The van der Waals surface area contributed by atoms with Crippen LogP contribution in [0, 0.1) is 5.92 Å². The molecule has 0 aliphatic heterocycles. The van der Waals surface area contributed by atoms with Gasteiger partial charge in [0.2, 0.25) is 0 Å². The average Bonchev–Trinajstić information content (AvgIpc) is 3.17. The monoisotopic (exact) mass is 281 g/mol. The molecule has 0 amide bonds. The highest BCUT2D eigenvalue weighted by Crippen LogP contribution is 2.37. The lowest BCUT2D eigenvalue weighted by atomic mass is 10.0. The van der Waals surface area contributed by atoms with Crippen molar-refractivity contribution >= 4 is 9.84 Å². The van der Waals surface area contributed by atoms with Crippen molar-refractivity contribution in [3.05, 3.63) is 29.8 Å². The summed E-state index contributed by atoms with van der Waals surface area (Å²) in [7, 11) is -3.12. The van der Waals surface area contributed by atoms with Crippen LogP contribution in [-0.2, 0) is 9.84 Å². The molecule has 1 N–H and O–H groups in total. The van der Waals surface area contributed by atoms with Crippen molar-refractivity contribution in [3.63, 3.8) is 0 Å². The molecule has 1 aromatic rings. The zero-order valence-electron chi connectivity index (χ0n) is 11.7. The van der Waals surface area contributed by atoms with Crippen LogP contribution in [-0.4, -0.2) is 21.2 Å². The number of benzene rings is 1. The van der Waals surface area contributed by atoms with Gasteiger partial charge in [0.05, 0.1) is 4.90 Å². The molecule has 1 aromatic carbocycles. The summed E-state index contributed by atoms with van der Waals surface area (Å²) >= 11 is 0. The molecule has 4 heteroatoms. The molecule has 0 aromatic heterocycles. The number of rotatable bonds is 7. The number of hydrogen-bond acceptors (Lipinski definition) is 3. The normalized spacial score (nSPS) is 17.4. The van der Waals surface area contributed by atoms with Crippen molar-refractivity contribution < 1.29 is 8.42 Å². The highest BCUT2D eigenvalue weighted by molar-refractivity contribution is 7.90. The van der Waals surface area contributed by atoms with Crippen molar-refractivity contribution in [2.45, 2.75) is 43.5 Å². The molecule has 3 nitrogen and oxygen atoms in total. The van der Waals surface area contributed by atoms with Crippen LogP contribution >= 0.6 is 0 Å². The Morgan fingerprint density at radius 1 is 1.37 bits per heavy atom. The smallest absolute Gasteiger partial charge is 0.175 e. The first-order valence-corrected chi connectivity index (χ1v) is 8.93. The molecule has 1 aliphatic rings. The third-order valence-corrected chi connectivity index (χ3v) is 4.71. The van der Waals surface area contributed by atoms with Gasteiger partial charge in [0.15, 0.2) is 9.84 Å². The summed E-state index contributed by atoms with van der Waals surface area (Å²) in [6.45, 7) is 3.12. The Hall–Kier alpha value is -0.870. The third kappa shape index (κ3) is 4.32. The highest BCUT2D eigenvalue weighted by atomic mass is 32.2. The second kappa shape index (κ2) is 6.06. The molecule has 0 saturated heterocycles. The van der Waals surface area contributed by atoms with Crippen LogP contribution in [0.15, 0.2) is 29.2 Å². The SMILES string of the molecule is CCCNC(CC1CC1)c1cccc(S(C)(=O)=O)c1. The van der Waals surface area contributed by atoms with Crippen molar-refractivity contribution in [1.82, 2.24) is 5.32 Å². The lowest BCUT2D eigenvalue weighted by Gasteiger charge is -2.19. The lowest BCUT2D eigenvalue weighted by Crippen LogP contribution is -2.22. The van der Waals surface area contributed by atoms with Crippen molar-refractivity contribution in [2.24, 2.45) is 5.92 Å². The summed E-state index contributed by atoms with van der Waals surface area (Å²) in [5.41, 5.74) is 1.10. The van der Waals surface area contributed by atoms with Crippen molar-refractivity contribution in [3.8, 4) is 0 Å². The van der Waals surface area contributed by atoms with Gasteiger partial charge in [0.1, 0.15) is 0 Å². The van der Waals surface area contributed by atoms with E-state index in [2.05, 4.69) is 12.2 Å². The molecule has 1 saturated carbocycles. The van der Waals surface area contributed by atoms with Crippen LogP contribution in [0.3, 0.4) is 0 Å². The topological polar surface area (TPSA) is 46.2 Å². The maximum atomic E-state index is 11.6. The fraction of sp³-hybridized carbons (Fsp3) is 0.600. The largest absolute Gasteiger partial charge is 0.310 e. The average molecular weight is 281 g/mol. The Morgan fingerprint density at radius 3 is 2.68 bits per heavy atom. The summed E-state index contributed by atoms with van der Waals surface area (Å²) in [4.78, 5) is 0.420. The summed E-state index contributed by atoms with van der Waals surface area (Å²) in [6, 6.07) is 7.66. The van der Waals surface area contributed by atoms with Gasteiger partial charge in [-0.3, -0.25) is 0 Å². The van der Waals surface area contributed by atoms with Gasteiger partial charge < -0.3 is 5.32 Å².